The maximum Gasteiger partial charge on any atom is 0.205 e. The van der Waals surface area contributed by atoms with Crippen molar-refractivity contribution in [3.05, 3.63) is 40.8 Å². The molecule has 1 aliphatic heterocycles. The minimum atomic E-state index is -0.0526. The summed E-state index contributed by atoms with van der Waals surface area (Å²) in [6.07, 6.45) is 6.25. The van der Waals surface area contributed by atoms with Gasteiger partial charge in [0, 0.05) is 36.0 Å². The Balaban J connectivity index is 2.03. The summed E-state index contributed by atoms with van der Waals surface area (Å²) in [4.78, 5) is 17.8. The standard InChI is InChI=1S/C11H11BrN2O/c12-9-2-4-13-10(8-9)11(15)3-7-14-5-1-6-14/h2-4,7-8H,1,5-6H2/b7-3+. The van der Waals surface area contributed by atoms with Crippen molar-refractivity contribution >= 4 is 21.7 Å². The van der Waals surface area contributed by atoms with Crippen LogP contribution >= 0.6 is 15.9 Å². The lowest BCUT2D eigenvalue weighted by Crippen LogP contribution is -2.32. The van der Waals surface area contributed by atoms with E-state index < -0.39 is 0 Å². The number of pyridine rings is 1. The van der Waals surface area contributed by atoms with Crippen molar-refractivity contribution < 1.29 is 4.79 Å². The Morgan fingerprint density at radius 1 is 1.53 bits per heavy atom. The second kappa shape index (κ2) is 4.57. The summed E-state index contributed by atoms with van der Waals surface area (Å²) in [5, 5.41) is 0. The number of nitrogens with zero attached hydrogens (tertiary/aromatic N) is 2. The smallest absolute Gasteiger partial charge is 0.205 e. The molecule has 2 rings (SSSR count). The van der Waals surface area contributed by atoms with Gasteiger partial charge in [-0.3, -0.25) is 9.78 Å². The number of ketones is 1. The zero-order valence-corrected chi connectivity index (χ0v) is 9.77. The quantitative estimate of drug-likeness (QED) is 0.622. The molecule has 4 heteroatoms. The molecule has 0 bridgehead atoms. The predicted octanol–water partition coefficient (Wildman–Crippen LogP) is 2.25. The van der Waals surface area contributed by atoms with E-state index in [9.17, 15) is 4.79 Å². The van der Waals surface area contributed by atoms with Gasteiger partial charge in [0.25, 0.3) is 0 Å². The van der Waals surface area contributed by atoms with E-state index in [2.05, 4.69) is 25.8 Å². The molecule has 0 N–H and O–H groups in total. The van der Waals surface area contributed by atoms with Gasteiger partial charge in [0.15, 0.2) is 0 Å². The topological polar surface area (TPSA) is 33.2 Å². The first-order valence-electron chi connectivity index (χ1n) is 4.84. The second-order valence-electron chi connectivity index (χ2n) is 3.43. The molecule has 1 saturated heterocycles. The molecule has 1 aromatic heterocycles. The molecule has 15 heavy (non-hydrogen) atoms. The number of halogens is 1. The minimum Gasteiger partial charge on any atom is -0.377 e. The predicted molar refractivity (Wildman–Crippen MR) is 61.6 cm³/mol. The zero-order chi connectivity index (χ0) is 10.7. The lowest BCUT2D eigenvalue weighted by Gasteiger charge is -2.28. The fourth-order valence-corrected chi connectivity index (χ4v) is 1.62. The van der Waals surface area contributed by atoms with Gasteiger partial charge in [-0.15, -0.1) is 0 Å². The average Bonchev–Trinajstić information content (AvgIpc) is 2.15. The van der Waals surface area contributed by atoms with Crippen molar-refractivity contribution in [2.75, 3.05) is 13.1 Å². The van der Waals surface area contributed by atoms with E-state index in [-0.39, 0.29) is 5.78 Å². The van der Waals surface area contributed by atoms with Gasteiger partial charge in [-0.25, -0.2) is 0 Å². The maximum absolute atomic E-state index is 11.6. The van der Waals surface area contributed by atoms with Crippen LogP contribution in [-0.4, -0.2) is 28.8 Å². The molecule has 1 aliphatic rings. The van der Waals surface area contributed by atoms with Gasteiger partial charge in [-0.05, 0) is 18.6 Å². The first-order chi connectivity index (χ1) is 7.25. The molecule has 0 radical (unpaired) electrons. The van der Waals surface area contributed by atoms with E-state index >= 15 is 0 Å². The van der Waals surface area contributed by atoms with Crippen LogP contribution in [0.1, 0.15) is 16.9 Å². The number of hydrogen-bond donors (Lipinski definition) is 0. The van der Waals surface area contributed by atoms with Gasteiger partial charge in [0.2, 0.25) is 5.78 Å². The average molecular weight is 267 g/mol. The van der Waals surface area contributed by atoms with Crippen molar-refractivity contribution in [3.63, 3.8) is 0 Å². The van der Waals surface area contributed by atoms with E-state index in [1.165, 1.54) is 6.42 Å². The highest BCUT2D eigenvalue weighted by molar-refractivity contribution is 9.10. The SMILES string of the molecule is O=C(/C=C/N1CCC1)c1cc(Br)ccn1. The molecule has 0 unspecified atom stereocenters. The van der Waals surface area contributed by atoms with Crippen molar-refractivity contribution in [1.29, 1.82) is 0 Å². The van der Waals surface area contributed by atoms with Gasteiger partial charge in [-0.1, -0.05) is 15.9 Å². The van der Waals surface area contributed by atoms with E-state index in [0.717, 1.165) is 17.6 Å². The van der Waals surface area contributed by atoms with Gasteiger partial charge in [0.1, 0.15) is 5.69 Å². The monoisotopic (exact) mass is 266 g/mol. The van der Waals surface area contributed by atoms with Crippen molar-refractivity contribution in [2.24, 2.45) is 0 Å². The van der Waals surface area contributed by atoms with Crippen LogP contribution in [0.15, 0.2) is 35.1 Å². The molecular weight excluding hydrogens is 256 g/mol. The molecule has 3 nitrogen and oxygen atoms in total. The van der Waals surface area contributed by atoms with Crippen molar-refractivity contribution in [2.45, 2.75) is 6.42 Å². The van der Waals surface area contributed by atoms with Crippen LogP contribution in [0.3, 0.4) is 0 Å². The van der Waals surface area contributed by atoms with Crippen LogP contribution in [0.2, 0.25) is 0 Å². The van der Waals surface area contributed by atoms with Crippen LogP contribution < -0.4 is 0 Å². The third-order valence-corrected chi connectivity index (χ3v) is 2.80. The Kier molecular flexibility index (Phi) is 3.16. The maximum atomic E-state index is 11.6. The Morgan fingerprint density at radius 3 is 2.93 bits per heavy atom. The van der Waals surface area contributed by atoms with Crippen LogP contribution in [0.5, 0.6) is 0 Å². The molecule has 0 saturated carbocycles. The first kappa shape index (κ1) is 10.4. The molecule has 1 aromatic rings. The summed E-state index contributed by atoms with van der Waals surface area (Å²) >= 11 is 3.31. The molecule has 0 spiro atoms. The highest BCUT2D eigenvalue weighted by atomic mass is 79.9. The molecule has 0 atom stereocenters. The van der Waals surface area contributed by atoms with E-state index in [1.54, 1.807) is 24.4 Å². The van der Waals surface area contributed by atoms with Crippen LogP contribution in [0.25, 0.3) is 0 Å². The lowest BCUT2D eigenvalue weighted by molar-refractivity contribution is 0.103. The molecule has 0 amide bonds. The van der Waals surface area contributed by atoms with E-state index in [1.807, 2.05) is 6.20 Å². The molecular formula is C11H11BrN2O. The Bertz CT molecular complexity index is 399. The highest BCUT2D eigenvalue weighted by Crippen LogP contribution is 2.11. The zero-order valence-electron chi connectivity index (χ0n) is 8.19. The van der Waals surface area contributed by atoms with Gasteiger partial charge in [-0.2, -0.15) is 0 Å². The summed E-state index contributed by atoms with van der Waals surface area (Å²) < 4.78 is 0.873. The van der Waals surface area contributed by atoms with Crippen molar-refractivity contribution in [3.8, 4) is 0 Å². The number of carbonyl (C=O) groups excluding carboxylic acids is 1. The summed E-state index contributed by atoms with van der Waals surface area (Å²) in [5.41, 5.74) is 0.473. The summed E-state index contributed by atoms with van der Waals surface area (Å²) in [6.45, 7) is 2.10. The third kappa shape index (κ3) is 2.65. The van der Waals surface area contributed by atoms with Gasteiger partial charge in [0.05, 0.1) is 0 Å². The van der Waals surface area contributed by atoms with E-state index in [4.69, 9.17) is 0 Å². The Labute approximate surface area is 96.9 Å². The largest absolute Gasteiger partial charge is 0.377 e. The van der Waals surface area contributed by atoms with Crippen LogP contribution in [-0.2, 0) is 0 Å². The summed E-state index contributed by atoms with van der Waals surface area (Å²) in [6, 6.07) is 3.53. The highest BCUT2D eigenvalue weighted by Gasteiger charge is 2.09. The number of aromatic nitrogens is 1. The fraction of sp³-hybridized carbons (Fsp3) is 0.273. The van der Waals surface area contributed by atoms with Crippen LogP contribution in [0, 0.1) is 0 Å². The molecule has 1 fully saturated rings. The molecule has 0 aliphatic carbocycles. The summed E-state index contributed by atoms with van der Waals surface area (Å²) in [7, 11) is 0. The van der Waals surface area contributed by atoms with Crippen LogP contribution in [0.4, 0.5) is 0 Å². The fourth-order valence-electron chi connectivity index (χ4n) is 1.29. The van der Waals surface area contributed by atoms with E-state index in [0.29, 0.717) is 5.69 Å². The number of likely N-dealkylation sites (tertiary alicyclic amines) is 1. The normalized spacial score (nSPS) is 15.4. The minimum absolute atomic E-state index is 0.0526. The van der Waals surface area contributed by atoms with Crippen molar-refractivity contribution in [1.82, 2.24) is 9.88 Å². The third-order valence-electron chi connectivity index (χ3n) is 2.30. The number of allylic oxidation sites excluding steroid dienone is 1. The lowest BCUT2D eigenvalue weighted by atomic mass is 10.2. The Hall–Kier alpha value is -1.16. The molecule has 78 valence electrons. The first-order valence-corrected chi connectivity index (χ1v) is 5.63. The number of carbonyl (C=O) groups is 1. The second-order valence-corrected chi connectivity index (χ2v) is 4.34. The molecule has 2 heterocycles. The molecule has 0 aromatic carbocycles. The number of hydrogen-bond acceptors (Lipinski definition) is 3. The van der Waals surface area contributed by atoms with Gasteiger partial charge >= 0.3 is 0 Å². The summed E-state index contributed by atoms with van der Waals surface area (Å²) in [5.74, 6) is -0.0526. The Morgan fingerprint density at radius 2 is 2.33 bits per heavy atom. The number of rotatable bonds is 3. The van der Waals surface area contributed by atoms with Gasteiger partial charge < -0.3 is 4.90 Å².